The minimum atomic E-state index is -0.478. The molecular weight excluding hydrogens is 328 g/mol. The lowest BCUT2D eigenvalue weighted by molar-refractivity contribution is 0.0214. The number of fused-ring (bicyclic) bond motifs is 2. The molecule has 24 heavy (non-hydrogen) atoms. The first-order valence-electron chi connectivity index (χ1n) is 8.22. The van der Waals surface area contributed by atoms with Crippen LogP contribution in [0.25, 0.3) is 0 Å². The highest BCUT2D eigenvalue weighted by molar-refractivity contribution is 6.34. The van der Waals surface area contributed by atoms with Crippen LogP contribution in [-0.4, -0.2) is 47.6 Å². The van der Waals surface area contributed by atoms with Gasteiger partial charge in [-0.3, -0.25) is 4.79 Å². The van der Waals surface area contributed by atoms with Crippen LogP contribution in [0.2, 0.25) is 5.02 Å². The van der Waals surface area contributed by atoms with E-state index in [9.17, 15) is 9.59 Å². The molecule has 3 rings (SSSR count). The van der Waals surface area contributed by atoms with Crippen molar-refractivity contribution in [2.24, 2.45) is 0 Å². The first kappa shape index (κ1) is 17.1. The standard InChI is InChI=1S/C18H23ClN2O3/c1-11(22)15-6-5-12(8-16(15)19)20-9-14-7-13(20)10-21(14)17(23)24-18(2,3)4/h5-6,8,13-14H,7,9-10H2,1-4H3. The second kappa shape index (κ2) is 5.96. The summed E-state index contributed by atoms with van der Waals surface area (Å²) in [6.45, 7) is 8.57. The number of hydrogen-bond acceptors (Lipinski definition) is 4. The molecule has 2 bridgehead atoms. The van der Waals surface area contributed by atoms with Crippen molar-refractivity contribution in [2.45, 2.75) is 51.8 Å². The van der Waals surface area contributed by atoms with E-state index in [0.717, 1.165) is 18.7 Å². The van der Waals surface area contributed by atoms with Gasteiger partial charge in [-0.15, -0.1) is 0 Å². The number of hydrogen-bond donors (Lipinski definition) is 0. The summed E-state index contributed by atoms with van der Waals surface area (Å²) in [5, 5.41) is 0.478. The topological polar surface area (TPSA) is 49.9 Å². The van der Waals surface area contributed by atoms with Gasteiger partial charge in [0.15, 0.2) is 5.78 Å². The molecule has 0 radical (unpaired) electrons. The minimum Gasteiger partial charge on any atom is -0.444 e. The quantitative estimate of drug-likeness (QED) is 0.762. The predicted octanol–water partition coefficient (Wildman–Crippen LogP) is 3.74. The van der Waals surface area contributed by atoms with Gasteiger partial charge in [-0.2, -0.15) is 0 Å². The van der Waals surface area contributed by atoms with Gasteiger partial charge in [-0.05, 0) is 52.3 Å². The fourth-order valence-corrected chi connectivity index (χ4v) is 3.80. The van der Waals surface area contributed by atoms with E-state index in [1.165, 1.54) is 6.92 Å². The summed E-state index contributed by atoms with van der Waals surface area (Å²) < 4.78 is 5.49. The molecule has 0 saturated carbocycles. The molecule has 0 N–H and O–H groups in total. The third kappa shape index (κ3) is 3.22. The molecule has 2 atom stereocenters. The summed E-state index contributed by atoms with van der Waals surface area (Å²) in [7, 11) is 0. The van der Waals surface area contributed by atoms with Gasteiger partial charge in [0, 0.05) is 30.4 Å². The van der Waals surface area contributed by atoms with Gasteiger partial charge in [0.1, 0.15) is 5.60 Å². The number of ketones is 1. The number of likely N-dealkylation sites (tertiary alicyclic amines) is 1. The number of carbonyl (C=O) groups is 2. The maximum absolute atomic E-state index is 12.3. The number of halogens is 1. The number of carbonyl (C=O) groups excluding carboxylic acids is 2. The zero-order chi connectivity index (χ0) is 17.6. The number of amides is 1. The third-order valence-corrected chi connectivity index (χ3v) is 4.84. The molecule has 2 aliphatic heterocycles. The minimum absolute atomic E-state index is 0.0365. The number of nitrogens with zero attached hydrogens (tertiary/aromatic N) is 2. The van der Waals surface area contributed by atoms with Crippen molar-refractivity contribution >= 4 is 29.2 Å². The van der Waals surface area contributed by atoms with Crippen LogP contribution in [0.4, 0.5) is 10.5 Å². The van der Waals surface area contributed by atoms with E-state index in [-0.39, 0.29) is 24.0 Å². The van der Waals surface area contributed by atoms with Crippen LogP contribution in [0.15, 0.2) is 18.2 Å². The maximum atomic E-state index is 12.3. The zero-order valence-corrected chi connectivity index (χ0v) is 15.3. The predicted molar refractivity (Wildman–Crippen MR) is 93.9 cm³/mol. The van der Waals surface area contributed by atoms with Gasteiger partial charge in [0.2, 0.25) is 0 Å². The van der Waals surface area contributed by atoms with Crippen LogP contribution in [0.5, 0.6) is 0 Å². The van der Waals surface area contributed by atoms with Crippen molar-refractivity contribution in [1.29, 1.82) is 0 Å². The summed E-state index contributed by atoms with van der Waals surface area (Å²) >= 11 is 6.22. The molecule has 1 aromatic rings. The summed E-state index contributed by atoms with van der Waals surface area (Å²) in [5.74, 6) is -0.0365. The molecule has 0 spiro atoms. The average Bonchev–Trinajstić information content (AvgIpc) is 3.04. The molecule has 2 saturated heterocycles. The monoisotopic (exact) mass is 350 g/mol. The molecular formula is C18H23ClN2O3. The third-order valence-electron chi connectivity index (χ3n) is 4.53. The lowest BCUT2D eigenvalue weighted by Gasteiger charge is -2.36. The molecule has 2 aliphatic rings. The Bertz CT molecular complexity index is 683. The second-order valence-electron chi connectivity index (χ2n) is 7.55. The Morgan fingerprint density at radius 2 is 1.92 bits per heavy atom. The van der Waals surface area contributed by atoms with Gasteiger partial charge in [-0.1, -0.05) is 11.6 Å². The molecule has 6 heteroatoms. The van der Waals surface area contributed by atoms with Gasteiger partial charge >= 0.3 is 6.09 Å². The van der Waals surface area contributed by atoms with Crippen molar-refractivity contribution in [1.82, 2.24) is 4.90 Å². The summed E-state index contributed by atoms with van der Waals surface area (Å²) in [6.07, 6.45) is 0.699. The van der Waals surface area contributed by atoms with Gasteiger partial charge in [-0.25, -0.2) is 4.79 Å². The summed E-state index contributed by atoms with van der Waals surface area (Å²) in [4.78, 5) is 27.9. The second-order valence-corrected chi connectivity index (χ2v) is 7.96. The van der Waals surface area contributed by atoms with Crippen molar-refractivity contribution < 1.29 is 14.3 Å². The number of anilines is 1. The Labute approximate surface area is 147 Å². The average molecular weight is 351 g/mol. The van der Waals surface area contributed by atoms with Crippen LogP contribution in [0.3, 0.4) is 0 Å². The molecule has 1 aromatic carbocycles. The summed E-state index contributed by atoms with van der Waals surface area (Å²) in [5.41, 5.74) is 1.07. The SMILES string of the molecule is CC(=O)c1ccc(N2CC3CC2CN3C(=O)OC(C)(C)C)cc1Cl. The number of piperazine rings is 1. The van der Waals surface area contributed by atoms with E-state index >= 15 is 0 Å². The van der Waals surface area contributed by atoms with Crippen LogP contribution in [0.1, 0.15) is 44.5 Å². The lowest BCUT2D eigenvalue weighted by Crippen LogP contribution is -2.50. The van der Waals surface area contributed by atoms with E-state index in [0.29, 0.717) is 17.1 Å². The fourth-order valence-electron chi connectivity index (χ4n) is 3.50. The molecule has 0 aliphatic carbocycles. The van der Waals surface area contributed by atoms with Gasteiger partial charge in [0.25, 0.3) is 0 Å². The molecule has 2 heterocycles. The first-order chi connectivity index (χ1) is 11.2. The number of Topliss-reactive ketones (excluding diaryl/α,β-unsaturated/α-hetero) is 1. The van der Waals surface area contributed by atoms with E-state index in [4.69, 9.17) is 16.3 Å². The smallest absolute Gasteiger partial charge is 0.410 e. The molecule has 5 nitrogen and oxygen atoms in total. The Morgan fingerprint density at radius 1 is 1.21 bits per heavy atom. The molecule has 130 valence electrons. The van der Waals surface area contributed by atoms with Crippen LogP contribution in [-0.2, 0) is 4.74 Å². The molecule has 1 amide bonds. The Hall–Kier alpha value is -1.75. The molecule has 0 aromatic heterocycles. The Kier molecular flexibility index (Phi) is 4.24. The Balaban J connectivity index is 1.71. The van der Waals surface area contributed by atoms with Crippen LogP contribution >= 0.6 is 11.6 Å². The summed E-state index contributed by atoms with van der Waals surface area (Å²) in [6, 6.07) is 5.98. The first-order valence-corrected chi connectivity index (χ1v) is 8.60. The van der Waals surface area contributed by atoms with E-state index < -0.39 is 5.60 Å². The lowest BCUT2D eigenvalue weighted by atomic mass is 10.1. The highest BCUT2D eigenvalue weighted by Crippen LogP contribution is 2.36. The number of rotatable bonds is 2. The maximum Gasteiger partial charge on any atom is 0.410 e. The highest BCUT2D eigenvalue weighted by Gasteiger charge is 2.46. The van der Waals surface area contributed by atoms with Crippen molar-refractivity contribution in [3.05, 3.63) is 28.8 Å². The number of ether oxygens (including phenoxy) is 1. The van der Waals surface area contributed by atoms with Crippen molar-refractivity contribution in [2.75, 3.05) is 18.0 Å². The van der Waals surface area contributed by atoms with Crippen LogP contribution in [0, 0.1) is 0 Å². The van der Waals surface area contributed by atoms with Gasteiger partial charge in [0.05, 0.1) is 11.1 Å². The van der Waals surface area contributed by atoms with Crippen LogP contribution < -0.4 is 4.90 Å². The number of benzene rings is 1. The fraction of sp³-hybridized carbons (Fsp3) is 0.556. The Morgan fingerprint density at radius 3 is 2.42 bits per heavy atom. The van der Waals surface area contributed by atoms with Gasteiger partial charge < -0.3 is 14.5 Å². The van der Waals surface area contributed by atoms with Crippen molar-refractivity contribution in [3.8, 4) is 0 Å². The van der Waals surface area contributed by atoms with E-state index in [1.54, 1.807) is 6.07 Å². The highest BCUT2D eigenvalue weighted by atomic mass is 35.5. The van der Waals surface area contributed by atoms with E-state index in [1.807, 2.05) is 37.8 Å². The van der Waals surface area contributed by atoms with E-state index in [2.05, 4.69) is 4.90 Å². The largest absolute Gasteiger partial charge is 0.444 e. The molecule has 2 fully saturated rings. The normalized spacial score (nSPS) is 22.9. The molecule has 2 unspecified atom stereocenters. The zero-order valence-electron chi connectivity index (χ0n) is 14.5. The van der Waals surface area contributed by atoms with Crippen molar-refractivity contribution in [3.63, 3.8) is 0 Å².